The van der Waals surface area contributed by atoms with Crippen LogP contribution in [-0.2, 0) is 10.2 Å². The molecule has 1 aromatic heterocycles. The van der Waals surface area contributed by atoms with Crippen LogP contribution >= 0.6 is 11.6 Å². The van der Waals surface area contributed by atoms with Crippen LogP contribution in [0.2, 0.25) is 5.28 Å². The van der Waals surface area contributed by atoms with E-state index in [1.54, 1.807) is 12.1 Å². The minimum absolute atomic E-state index is 0.0350. The summed E-state index contributed by atoms with van der Waals surface area (Å²) in [6, 6.07) is 6.01. The fraction of sp³-hybridized carbons (Fsp3) is 0.267. The van der Waals surface area contributed by atoms with Gasteiger partial charge in [-0.25, -0.2) is 19.2 Å². The van der Waals surface area contributed by atoms with Crippen molar-refractivity contribution in [3.63, 3.8) is 0 Å². The summed E-state index contributed by atoms with van der Waals surface area (Å²) in [5.74, 6) is -0.875. The van der Waals surface area contributed by atoms with Gasteiger partial charge >= 0.3 is 5.97 Å². The smallest absolute Gasteiger partial charge is 0.341 e. The van der Waals surface area contributed by atoms with Gasteiger partial charge in [-0.3, -0.25) is 0 Å². The first kappa shape index (κ1) is 15.4. The zero-order valence-electron chi connectivity index (χ0n) is 11.9. The van der Waals surface area contributed by atoms with Crippen molar-refractivity contribution in [3.8, 4) is 0 Å². The Bertz CT molecular complexity index is 672. The van der Waals surface area contributed by atoms with E-state index >= 15 is 0 Å². The number of benzene rings is 1. The molecule has 0 radical (unpaired) electrons. The molecule has 0 bridgehead atoms. The molecular formula is C15H14ClFN2O2. The molecule has 0 N–H and O–H groups in total. The van der Waals surface area contributed by atoms with Gasteiger partial charge in [0.1, 0.15) is 11.4 Å². The van der Waals surface area contributed by atoms with E-state index in [0.717, 1.165) is 5.56 Å². The minimum atomic E-state index is -0.663. The Labute approximate surface area is 126 Å². The predicted octanol–water partition coefficient (Wildman–Crippen LogP) is 3.38. The summed E-state index contributed by atoms with van der Waals surface area (Å²) in [6.07, 6.45) is 1.34. The van der Waals surface area contributed by atoms with Crippen LogP contribution < -0.4 is 0 Å². The van der Waals surface area contributed by atoms with E-state index in [1.165, 1.54) is 25.4 Å². The zero-order valence-corrected chi connectivity index (χ0v) is 12.6. The third kappa shape index (κ3) is 3.03. The lowest BCUT2D eigenvalue weighted by Gasteiger charge is -2.26. The van der Waals surface area contributed by atoms with Gasteiger partial charge < -0.3 is 4.74 Å². The van der Waals surface area contributed by atoms with Crippen molar-refractivity contribution >= 4 is 17.6 Å². The number of esters is 1. The molecule has 2 aromatic rings. The first-order valence-electron chi connectivity index (χ1n) is 6.23. The minimum Gasteiger partial charge on any atom is -0.465 e. The normalized spacial score (nSPS) is 11.3. The molecule has 0 spiro atoms. The molecule has 21 heavy (non-hydrogen) atoms. The molecule has 0 saturated heterocycles. The van der Waals surface area contributed by atoms with E-state index in [-0.39, 0.29) is 16.7 Å². The summed E-state index contributed by atoms with van der Waals surface area (Å²) >= 11 is 5.85. The van der Waals surface area contributed by atoms with Crippen LogP contribution in [0.25, 0.3) is 0 Å². The third-order valence-electron chi connectivity index (χ3n) is 3.32. The summed E-state index contributed by atoms with van der Waals surface area (Å²) in [4.78, 5) is 19.9. The zero-order chi connectivity index (χ0) is 15.6. The SMILES string of the molecule is COC(=O)c1cnc(Cl)nc1C(C)(C)c1ccc(F)cc1. The van der Waals surface area contributed by atoms with Crippen LogP contribution in [-0.4, -0.2) is 23.0 Å². The second kappa shape index (κ2) is 5.77. The first-order chi connectivity index (χ1) is 9.86. The quantitative estimate of drug-likeness (QED) is 0.644. The molecule has 110 valence electrons. The van der Waals surface area contributed by atoms with Gasteiger partial charge in [-0.15, -0.1) is 0 Å². The molecule has 1 aromatic carbocycles. The Balaban J connectivity index is 2.60. The lowest BCUT2D eigenvalue weighted by molar-refractivity contribution is 0.0597. The highest BCUT2D eigenvalue weighted by Gasteiger charge is 2.31. The van der Waals surface area contributed by atoms with Gasteiger partial charge in [0.15, 0.2) is 0 Å². The fourth-order valence-corrected chi connectivity index (χ4v) is 2.23. The van der Waals surface area contributed by atoms with Gasteiger partial charge in [0.05, 0.1) is 12.8 Å². The van der Waals surface area contributed by atoms with E-state index in [9.17, 15) is 9.18 Å². The molecule has 0 amide bonds. The monoisotopic (exact) mass is 308 g/mol. The van der Waals surface area contributed by atoms with E-state index in [1.807, 2.05) is 13.8 Å². The molecule has 0 aliphatic carbocycles. The number of carbonyl (C=O) groups excluding carboxylic acids is 1. The average molecular weight is 309 g/mol. The molecular weight excluding hydrogens is 295 g/mol. The van der Waals surface area contributed by atoms with Crippen LogP contribution in [0.4, 0.5) is 4.39 Å². The number of ether oxygens (including phenoxy) is 1. The second-order valence-corrected chi connectivity index (χ2v) is 5.36. The number of methoxy groups -OCH3 is 1. The van der Waals surface area contributed by atoms with Gasteiger partial charge in [0.2, 0.25) is 5.28 Å². The van der Waals surface area contributed by atoms with Crippen molar-refractivity contribution in [1.29, 1.82) is 0 Å². The topological polar surface area (TPSA) is 52.1 Å². The van der Waals surface area contributed by atoms with Crippen LogP contribution in [0.3, 0.4) is 0 Å². The number of halogens is 2. The van der Waals surface area contributed by atoms with E-state index in [2.05, 4.69) is 9.97 Å². The number of hydrogen-bond acceptors (Lipinski definition) is 4. The molecule has 0 aliphatic rings. The molecule has 4 nitrogen and oxygen atoms in total. The molecule has 6 heteroatoms. The molecule has 0 atom stereocenters. The van der Waals surface area contributed by atoms with Crippen molar-refractivity contribution < 1.29 is 13.9 Å². The highest BCUT2D eigenvalue weighted by Crippen LogP contribution is 2.33. The number of carbonyl (C=O) groups is 1. The van der Waals surface area contributed by atoms with Crippen LogP contribution in [0.15, 0.2) is 30.5 Å². The number of rotatable bonds is 3. The lowest BCUT2D eigenvalue weighted by Crippen LogP contribution is -2.25. The summed E-state index contributed by atoms with van der Waals surface area (Å²) in [5.41, 5.74) is 0.796. The lowest BCUT2D eigenvalue weighted by atomic mass is 9.79. The van der Waals surface area contributed by atoms with Gasteiger partial charge in [-0.05, 0) is 29.3 Å². The standard InChI is InChI=1S/C15H14ClFN2O2/c1-15(2,9-4-6-10(17)7-5-9)12-11(13(20)21-3)8-18-14(16)19-12/h4-8H,1-3H3. The summed E-state index contributed by atoms with van der Waals surface area (Å²) in [5, 5.41) is 0.0350. The Kier molecular flexibility index (Phi) is 4.23. The summed E-state index contributed by atoms with van der Waals surface area (Å²) in [7, 11) is 1.28. The Morgan fingerprint density at radius 2 is 1.90 bits per heavy atom. The molecule has 1 heterocycles. The number of nitrogens with zero attached hydrogens (tertiary/aromatic N) is 2. The molecule has 0 aliphatic heterocycles. The molecule has 0 fully saturated rings. The van der Waals surface area contributed by atoms with Crippen LogP contribution in [0, 0.1) is 5.82 Å². The van der Waals surface area contributed by atoms with Crippen LogP contribution in [0.5, 0.6) is 0 Å². The highest BCUT2D eigenvalue weighted by atomic mass is 35.5. The maximum atomic E-state index is 13.1. The number of hydrogen-bond donors (Lipinski definition) is 0. The van der Waals surface area contributed by atoms with Gasteiger partial charge in [-0.2, -0.15) is 0 Å². The Morgan fingerprint density at radius 1 is 1.29 bits per heavy atom. The largest absolute Gasteiger partial charge is 0.465 e. The van der Waals surface area contributed by atoms with E-state index in [0.29, 0.717) is 5.69 Å². The number of aromatic nitrogens is 2. The van der Waals surface area contributed by atoms with Gasteiger partial charge in [0, 0.05) is 11.6 Å². The van der Waals surface area contributed by atoms with Crippen molar-refractivity contribution in [2.24, 2.45) is 0 Å². The predicted molar refractivity (Wildman–Crippen MR) is 76.9 cm³/mol. The average Bonchev–Trinajstić information content (AvgIpc) is 2.47. The Hall–Kier alpha value is -2.01. The van der Waals surface area contributed by atoms with E-state index in [4.69, 9.17) is 16.3 Å². The Morgan fingerprint density at radius 3 is 2.48 bits per heavy atom. The summed E-state index contributed by atoms with van der Waals surface area (Å²) in [6.45, 7) is 3.73. The van der Waals surface area contributed by atoms with Gasteiger partial charge in [0.25, 0.3) is 0 Å². The maximum absolute atomic E-state index is 13.1. The van der Waals surface area contributed by atoms with Crippen molar-refractivity contribution in [3.05, 3.63) is 58.4 Å². The highest BCUT2D eigenvalue weighted by molar-refractivity contribution is 6.28. The maximum Gasteiger partial charge on any atom is 0.341 e. The second-order valence-electron chi connectivity index (χ2n) is 5.02. The van der Waals surface area contributed by atoms with Crippen molar-refractivity contribution in [1.82, 2.24) is 9.97 Å². The fourth-order valence-electron chi connectivity index (χ4n) is 2.10. The van der Waals surface area contributed by atoms with Crippen LogP contribution in [0.1, 0.15) is 35.5 Å². The van der Waals surface area contributed by atoms with Gasteiger partial charge in [-0.1, -0.05) is 26.0 Å². The first-order valence-corrected chi connectivity index (χ1v) is 6.61. The van der Waals surface area contributed by atoms with E-state index < -0.39 is 11.4 Å². The molecule has 2 rings (SSSR count). The van der Waals surface area contributed by atoms with Crippen molar-refractivity contribution in [2.75, 3.05) is 7.11 Å². The third-order valence-corrected chi connectivity index (χ3v) is 3.50. The molecule has 0 unspecified atom stereocenters. The molecule has 0 saturated carbocycles. The summed E-state index contributed by atoms with van der Waals surface area (Å²) < 4.78 is 17.8. The van der Waals surface area contributed by atoms with Crippen molar-refractivity contribution in [2.45, 2.75) is 19.3 Å².